The molecule has 1 aliphatic rings. The molecule has 2 aromatic heterocycles. The number of tetrazole rings is 1. The Bertz CT molecular complexity index is 1460. The van der Waals surface area contributed by atoms with Crippen molar-refractivity contribution < 1.29 is 28.7 Å². The number of benzene rings is 1. The van der Waals surface area contributed by atoms with Crippen molar-refractivity contribution >= 4 is 35.4 Å². The van der Waals surface area contributed by atoms with Gasteiger partial charge in [-0.2, -0.15) is 5.21 Å². The number of H-pyrrole nitrogens is 1. The van der Waals surface area contributed by atoms with Crippen molar-refractivity contribution in [1.29, 1.82) is 0 Å². The molecular weight excluding hydrogens is 570 g/mol. The Kier molecular flexibility index (Phi) is 10.7. The number of nitrogens with one attached hydrogen (secondary N) is 4. The maximum Gasteiger partial charge on any atom is 0.305 e. The number of aromatic nitrogens is 5. The van der Waals surface area contributed by atoms with E-state index in [4.69, 9.17) is 4.74 Å². The summed E-state index contributed by atoms with van der Waals surface area (Å²) in [4.78, 5) is 71.5. The number of nitrogens with zero attached hydrogens (tertiary/aromatic N) is 5. The lowest BCUT2D eigenvalue weighted by atomic mass is 10.0. The fraction of sp³-hybridized carbons (Fsp3) is 0.414. The minimum Gasteiger partial charge on any atom is -0.469 e. The van der Waals surface area contributed by atoms with E-state index in [1.54, 1.807) is 26.0 Å². The number of hydrogen-bond donors (Lipinski definition) is 4. The van der Waals surface area contributed by atoms with Gasteiger partial charge in [0.1, 0.15) is 23.9 Å². The van der Waals surface area contributed by atoms with Crippen LogP contribution in [0.25, 0.3) is 0 Å². The van der Waals surface area contributed by atoms with Gasteiger partial charge in [-0.1, -0.05) is 55.5 Å². The maximum absolute atomic E-state index is 14.2. The van der Waals surface area contributed by atoms with Crippen molar-refractivity contribution in [2.24, 2.45) is 5.92 Å². The number of carbonyl (C=O) groups excluding carboxylic acids is 5. The molecule has 0 bridgehead atoms. The zero-order valence-electron chi connectivity index (χ0n) is 24.6. The first-order valence-electron chi connectivity index (χ1n) is 14.1. The fourth-order valence-electron chi connectivity index (χ4n) is 4.85. The Morgan fingerprint density at radius 3 is 2.52 bits per heavy atom. The van der Waals surface area contributed by atoms with Gasteiger partial charge in [-0.3, -0.25) is 28.9 Å². The standard InChI is InChI=1S/C29H35N9O6/c1-17(2)25(33-23(39)14-18-8-5-4-6-9-18)28(42)32-20(11-12-24(40)44-3)29(43)38-21(15-19-10-7-13-30-26(19)38)27(41)31-16-22-34-36-37-35-22/h4-10,13,17,20-21,25H,11-12,14-16H2,1-3H3,(H,31,41)(H,32,42)(H,33,39)(H,34,35,36,37)/t20-,21-,25-/m0/s1. The van der Waals surface area contributed by atoms with Crippen molar-refractivity contribution in [3.63, 3.8) is 0 Å². The third-order valence-electron chi connectivity index (χ3n) is 7.12. The first-order chi connectivity index (χ1) is 21.2. The van der Waals surface area contributed by atoms with Gasteiger partial charge in [-0.05, 0) is 29.5 Å². The predicted octanol–water partition coefficient (Wildman–Crippen LogP) is -0.00970. The van der Waals surface area contributed by atoms with Crippen LogP contribution in [-0.4, -0.2) is 80.4 Å². The summed E-state index contributed by atoms with van der Waals surface area (Å²) >= 11 is 0. The monoisotopic (exact) mass is 605 g/mol. The number of hydrogen-bond acceptors (Lipinski definition) is 10. The van der Waals surface area contributed by atoms with Crippen LogP contribution >= 0.6 is 0 Å². The van der Waals surface area contributed by atoms with Gasteiger partial charge in [-0.15, -0.1) is 10.2 Å². The Morgan fingerprint density at radius 1 is 1.07 bits per heavy atom. The van der Waals surface area contributed by atoms with Crippen molar-refractivity contribution in [1.82, 2.24) is 41.6 Å². The molecular formula is C29H35N9O6. The molecule has 4 rings (SSSR count). The summed E-state index contributed by atoms with van der Waals surface area (Å²) in [5.74, 6) is -2.49. The van der Waals surface area contributed by atoms with Crippen LogP contribution in [0.1, 0.15) is 43.6 Å². The summed E-state index contributed by atoms with van der Waals surface area (Å²) in [7, 11) is 1.22. The predicted molar refractivity (Wildman–Crippen MR) is 155 cm³/mol. The lowest BCUT2D eigenvalue weighted by Crippen LogP contribution is -2.58. The number of amides is 4. The normalized spacial score (nSPS) is 15.2. The number of rotatable bonds is 13. The number of carbonyl (C=O) groups is 5. The second-order valence-corrected chi connectivity index (χ2v) is 10.6. The van der Waals surface area contributed by atoms with Gasteiger partial charge >= 0.3 is 5.97 Å². The molecule has 0 fully saturated rings. The Hall–Kier alpha value is -5.21. The van der Waals surface area contributed by atoms with Gasteiger partial charge in [0.25, 0.3) is 5.91 Å². The molecule has 1 aromatic carbocycles. The number of aromatic amines is 1. The summed E-state index contributed by atoms with van der Waals surface area (Å²) < 4.78 is 4.76. The van der Waals surface area contributed by atoms with Crippen molar-refractivity contribution in [2.45, 2.75) is 64.2 Å². The first kappa shape index (κ1) is 31.7. The molecule has 0 saturated heterocycles. The van der Waals surface area contributed by atoms with Crippen molar-refractivity contribution in [3.05, 3.63) is 65.6 Å². The molecule has 3 atom stereocenters. The van der Waals surface area contributed by atoms with E-state index in [0.717, 1.165) is 5.56 Å². The minimum atomic E-state index is -1.24. The third kappa shape index (κ3) is 7.99. The molecule has 0 spiro atoms. The van der Waals surface area contributed by atoms with Crippen LogP contribution in [0.4, 0.5) is 5.82 Å². The van der Waals surface area contributed by atoms with Gasteiger partial charge in [-0.25, -0.2) is 4.98 Å². The van der Waals surface area contributed by atoms with E-state index >= 15 is 0 Å². The summed E-state index contributed by atoms with van der Waals surface area (Å²) in [6.45, 7) is 3.50. The number of anilines is 1. The lowest BCUT2D eigenvalue weighted by molar-refractivity contribution is -0.141. The number of ether oxygens (including phenoxy) is 1. The molecule has 3 heterocycles. The molecule has 0 radical (unpaired) electrons. The van der Waals surface area contributed by atoms with Crippen LogP contribution < -0.4 is 20.9 Å². The number of esters is 1. The first-order valence-corrected chi connectivity index (χ1v) is 14.1. The van der Waals surface area contributed by atoms with Gasteiger partial charge in [0.05, 0.1) is 20.1 Å². The van der Waals surface area contributed by atoms with Crippen molar-refractivity contribution in [2.75, 3.05) is 12.0 Å². The quantitative estimate of drug-likeness (QED) is 0.192. The number of pyridine rings is 1. The van der Waals surface area contributed by atoms with E-state index in [1.807, 2.05) is 30.3 Å². The molecule has 3 aromatic rings. The Balaban J connectivity index is 1.55. The summed E-state index contributed by atoms with van der Waals surface area (Å²) in [6, 6.07) is 9.33. The van der Waals surface area contributed by atoms with Gasteiger partial charge < -0.3 is 20.7 Å². The van der Waals surface area contributed by atoms with E-state index in [-0.39, 0.29) is 55.7 Å². The van der Waals surface area contributed by atoms with Gasteiger partial charge in [0.2, 0.25) is 17.7 Å². The van der Waals surface area contributed by atoms with E-state index in [0.29, 0.717) is 5.56 Å². The summed E-state index contributed by atoms with van der Waals surface area (Å²) in [5, 5.41) is 21.6. The van der Waals surface area contributed by atoms with Crippen molar-refractivity contribution in [3.8, 4) is 0 Å². The van der Waals surface area contributed by atoms with Crippen LogP contribution in [0.5, 0.6) is 0 Å². The largest absolute Gasteiger partial charge is 0.469 e. The highest BCUT2D eigenvalue weighted by molar-refractivity contribution is 6.06. The highest BCUT2D eigenvalue weighted by Crippen LogP contribution is 2.31. The molecule has 44 heavy (non-hydrogen) atoms. The zero-order chi connectivity index (χ0) is 31.6. The second kappa shape index (κ2) is 14.8. The molecule has 15 nitrogen and oxygen atoms in total. The Labute approximate surface area is 253 Å². The number of fused-ring (bicyclic) bond motifs is 1. The highest BCUT2D eigenvalue weighted by Gasteiger charge is 2.42. The van der Waals surface area contributed by atoms with Crippen LogP contribution in [0.15, 0.2) is 48.7 Å². The van der Waals surface area contributed by atoms with E-state index in [1.165, 1.54) is 18.2 Å². The smallest absolute Gasteiger partial charge is 0.305 e. The van der Waals surface area contributed by atoms with E-state index in [9.17, 15) is 24.0 Å². The number of methoxy groups -OCH3 is 1. The molecule has 1 aliphatic heterocycles. The Morgan fingerprint density at radius 2 is 1.84 bits per heavy atom. The molecule has 0 unspecified atom stereocenters. The average molecular weight is 606 g/mol. The van der Waals surface area contributed by atoms with Crippen LogP contribution in [0.3, 0.4) is 0 Å². The highest BCUT2D eigenvalue weighted by atomic mass is 16.5. The van der Waals surface area contributed by atoms with Gasteiger partial charge in [0.15, 0.2) is 5.82 Å². The maximum atomic E-state index is 14.2. The SMILES string of the molecule is COC(=O)CC[C@H](NC(=O)[C@@H](NC(=O)Cc1ccccc1)C(C)C)C(=O)N1c2ncccc2C[C@H]1C(=O)NCc1nn[nH]n1. The molecule has 0 aliphatic carbocycles. The molecule has 15 heteroatoms. The average Bonchev–Trinajstić information content (AvgIpc) is 3.68. The lowest BCUT2D eigenvalue weighted by Gasteiger charge is -2.30. The minimum absolute atomic E-state index is 0.0289. The summed E-state index contributed by atoms with van der Waals surface area (Å²) in [5.41, 5.74) is 1.44. The van der Waals surface area contributed by atoms with Crippen LogP contribution in [0, 0.1) is 5.92 Å². The zero-order valence-corrected chi connectivity index (χ0v) is 24.6. The molecule has 4 amide bonds. The van der Waals surface area contributed by atoms with Gasteiger partial charge in [0, 0.05) is 19.0 Å². The third-order valence-corrected chi connectivity index (χ3v) is 7.12. The fourth-order valence-corrected chi connectivity index (χ4v) is 4.85. The molecule has 4 N–H and O–H groups in total. The second-order valence-electron chi connectivity index (χ2n) is 10.6. The molecule has 232 valence electrons. The van der Waals surface area contributed by atoms with E-state index < -0.39 is 41.8 Å². The summed E-state index contributed by atoms with van der Waals surface area (Å²) in [6.07, 6.45) is 1.44. The van der Waals surface area contributed by atoms with Crippen LogP contribution in [-0.2, 0) is 48.1 Å². The molecule has 0 saturated carbocycles. The van der Waals surface area contributed by atoms with E-state index in [2.05, 4.69) is 41.6 Å². The van der Waals surface area contributed by atoms with Crippen LogP contribution in [0.2, 0.25) is 0 Å². The topological polar surface area (TPSA) is 201 Å².